The smallest absolute Gasteiger partial charge is 0.258 e. The molecule has 2 aromatic carbocycles. The molecule has 27 heavy (non-hydrogen) atoms. The zero-order valence-corrected chi connectivity index (χ0v) is 17.3. The second-order valence-electron chi connectivity index (χ2n) is 7.09. The molecule has 0 heterocycles. The Balaban J connectivity index is 1.92. The molecule has 0 aliphatic rings. The summed E-state index contributed by atoms with van der Waals surface area (Å²) in [6, 6.07) is 12.1. The average molecular weight is 390 g/mol. The minimum Gasteiger partial charge on any atom is -0.484 e. The number of aryl methyl sites for hydroxylation is 1. The van der Waals surface area contributed by atoms with Gasteiger partial charge in [0.25, 0.3) is 5.91 Å². The van der Waals surface area contributed by atoms with Gasteiger partial charge in [-0.15, -0.1) is 0 Å². The van der Waals surface area contributed by atoms with Crippen LogP contribution in [0.1, 0.15) is 49.4 Å². The summed E-state index contributed by atoms with van der Waals surface area (Å²) in [6.07, 6.45) is 1.17. The molecule has 5 nitrogen and oxygen atoms in total. The van der Waals surface area contributed by atoms with Crippen molar-refractivity contribution in [1.82, 2.24) is 5.32 Å². The van der Waals surface area contributed by atoms with Gasteiger partial charge in [-0.1, -0.05) is 32.0 Å². The van der Waals surface area contributed by atoms with Crippen LogP contribution in [0.4, 0.5) is 0 Å². The highest BCUT2D eigenvalue weighted by atomic mass is 32.2. The van der Waals surface area contributed by atoms with E-state index >= 15 is 0 Å². The van der Waals surface area contributed by atoms with E-state index in [0.29, 0.717) is 11.7 Å². The quantitative estimate of drug-likeness (QED) is 0.782. The first-order valence-electron chi connectivity index (χ1n) is 8.90. The predicted octanol–water partition coefficient (Wildman–Crippen LogP) is 3.78. The molecule has 2 rings (SSSR count). The standard InChI is InChI=1S/C21H27NO4S/c1-14(2)20-11-8-18(12-15(20)3)26-13-21(23)22-16(4)17-6-9-19(10-7-17)27(5,24)25/h6-12,14,16H,13H2,1-5H3,(H,22,23). The summed E-state index contributed by atoms with van der Waals surface area (Å²) in [7, 11) is -3.23. The van der Waals surface area contributed by atoms with Crippen LogP contribution in [0.25, 0.3) is 0 Å². The van der Waals surface area contributed by atoms with E-state index in [-0.39, 0.29) is 23.5 Å². The largest absolute Gasteiger partial charge is 0.484 e. The van der Waals surface area contributed by atoms with Crippen molar-refractivity contribution >= 4 is 15.7 Å². The lowest BCUT2D eigenvalue weighted by Gasteiger charge is -2.16. The molecule has 0 saturated carbocycles. The van der Waals surface area contributed by atoms with Gasteiger partial charge in [0.15, 0.2) is 16.4 Å². The van der Waals surface area contributed by atoms with E-state index in [4.69, 9.17) is 4.74 Å². The lowest BCUT2D eigenvalue weighted by atomic mass is 9.98. The highest BCUT2D eigenvalue weighted by Crippen LogP contribution is 2.23. The van der Waals surface area contributed by atoms with Crippen LogP contribution in [0.3, 0.4) is 0 Å². The van der Waals surface area contributed by atoms with Gasteiger partial charge in [0.05, 0.1) is 10.9 Å². The van der Waals surface area contributed by atoms with Crippen LogP contribution in [0.15, 0.2) is 47.4 Å². The molecule has 6 heteroatoms. The number of carbonyl (C=O) groups excluding carboxylic acids is 1. The Morgan fingerprint density at radius 3 is 2.22 bits per heavy atom. The molecule has 146 valence electrons. The highest BCUT2D eigenvalue weighted by molar-refractivity contribution is 7.90. The Bertz CT molecular complexity index is 902. The Hall–Kier alpha value is -2.34. The summed E-state index contributed by atoms with van der Waals surface area (Å²) in [4.78, 5) is 12.4. The molecule has 1 unspecified atom stereocenters. The maximum absolute atomic E-state index is 12.2. The summed E-state index contributed by atoms with van der Waals surface area (Å²) < 4.78 is 28.6. The number of benzene rings is 2. The van der Waals surface area contributed by atoms with Gasteiger partial charge in [0, 0.05) is 6.26 Å². The number of amides is 1. The Kier molecular flexibility index (Phi) is 6.65. The zero-order valence-electron chi connectivity index (χ0n) is 16.4. The zero-order chi connectivity index (χ0) is 20.2. The molecule has 0 radical (unpaired) electrons. The van der Waals surface area contributed by atoms with Crippen molar-refractivity contribution in [3.63, 3.8) is 0 Å². The topological polar surface area (TPSA) is 72.5 Å². The van der Waals surface area contributed by atoms with Gasteiger partial charge >= 0.3 is 0 Å². The maximum Gasteiger partial charge on any atom is 0.258 e. The third-order valence-corrected chi connectivity index (χ3v) is 5.55. The Labute approximate surface area is 161 Å². The summed E-state index contributed by atoms with van der Waals surface area (Å²) >= 11 is 0. The van der Waals surface area contributed by atoms with Crippen LogP contribution in [-0.2, 0) is 14.6 Å². The first-order valence-corrected chi connectivity index (χ1v) is 10.8. The molecule has 0 aromatic heterocycles. The molecular weight excluding hydrogens is 362 g/mol. The first kappa shape index (κ1) is 21.0. The van der Waals surface area contributed by atoms with E-state index in [0.717, 1.165) is 11.1 Å². The van der Waals surface area contributed by atoms with Gasteiger partial charge in [0.1, 0.15) is 5.75 Å². The third kappa shape index (κ3) is 5.82. The fourth-order valence-electron chi connectivity index (χ4n) is 2.90. The monoisotopic (exact) mass is 389 g/mol. The highest BCUT2D eigenvalue weighted by Gasteiger charge is 2.13. The molecule has 1 atom stereocenters. The molecule has 0 spiro atoms. The molecule has 1 N–H and O–H groups in total. The molecule has 0 aliphatic heterocycles. The third-order valence-electron chi connectivity index (χ3n) is 4.42. The summed E-state index contributed by atoms with van der Waals surface area (Å²) in [5.74, 6) is 0.870. The fraction of sp³-hybridized carbons (Fsp3) is 0.381. The van der Waals surface area contributed by atoms with Crippen LogP contribution < -0.4 is 10.1 Å². The molecule has 1 amide bonds. The van der Waals surface area contributed by atoms with Gasteiger partial charge < -0.3 is 10.1 Å². The molecule has 0 aliphatic carbocycles. The van der Waals surface area contributed by atoms with E-state index in [1.807, 2.05) is 32.0 Å². The van der Waals surface area contributed by atoms with Crippen molar-refractivity contribution in [3.8, 4) is 5.75 Å². The number of hydrogen-bond acceptors (Lipinski definition) is 4. The number of rotatable bonds is 7. The summed E-state index contributed by atoms with van der Waals surface area (Å²) in [5, 5.41) is 2.86. The van der Waals surface area contributed by atoms with Crippen molar-refractivity contribution in [3.05, 3.63) is 59.2 Å². The average Bonchev–Trinajstić information content (AvgIpc) is 2.59. The van der Waals surface area contributed by atoms with Crippen molar-refractivity contribution in [1.29, 1.82) is 0 Å². The maximum atomic E-state index is 12.2. The van der Waals surface area contributed by atoms with Gasteiger partial charge in [-0.25, -0.2) is 8.42 Å². The second kappa shape index (κ2) is 8.57. The van der Waals surface area contributed by atoms with Gasteiger partial charge in [-0.3, -0.25) is 4.79 Å². The Morgan fingerprint density at radius 2 is 1.70 bits per heavy atom. The van der Waals surface area contributed by atoms with Crippen LogP contribution in [-0.4, -0.2) is 27.2 Å². The first-order chi connectivity index (χ1) is 12.6. The summed E-state index contributed by atoms with van der Waals surface area (Å²) in [6.45, 7) is 8.08. The normalized spacial score (nSPS) is 12.7. The molecule has 2 aromatic rings. The van der Waals surface area contributed by atoms with Gasteiger partial charge in [-0.2, -0.15) is 0 Å². The van der Waals surface area contributed by atoms with E-state index in [9.17, 15) is 13.2 Å². The fourth-order valence-corrected chi connectivity index (χ4v) is 3.54. The van der Waals surface area contributed by atoms with Crippen molar-refractivity contribution < 1.29 is 17.9 Å². The lowest BCUT2D eigenvalue weighted by molar-refractivity contribution is -0.123. The second-order valence-corrected chi connectivity index (χ2v) is 9.11. The van der Waals surface area contributed by atoms with E-state index in [1.54, 1.807) is 24.3 Å². The van der Waals surface area contributed by atoms with Crippen molar-refractivity contribution in [2.75, 3.05) is 12.9 Å². The van der Waals surface area contributed by atoms with E-state index in [2.05, 4.69) is 19.2 Å². The predicted molar refractivity (Wildman–Crippen MR) is 107 cm³/mol. The van der Waals surface area contributed by atoms with Gasteiger partial charge in [-0.05, 0) is 60.7 Å². The summed E-state index contributed by atoms with van der Waals surface area (Å²) in [5.41, 5.74) is 3.23. The number of ether oxygens (including phenoxy) is 1. The Morgan fingerprint density at radius 1 is 1.07 bits per heavy atom. The minimum atomic E-state index is -3.23. The number of nitrogens with one attached hydrogen (secondary N) is 1. The molecular formula is C21H27NO4S. The van der Waals surface area contributed by atoms with Crippen LogP contribution >= 0.6 is 0 Å². The molecule has 0 fully saturated rings. The van der Waals surface area contributed by atoms with Crippen LogP contribution in [0.2, 0.25) is 0 Å². The number of sulfone groups is 1. The van der Waals surface area contributed by atoms with E-state index < -0.39 is 9.84 Å². The van der Waals surface area contributed by atoms with Crippen LogP contribution in [0.5, 0.6) is 5.75 Å². The SMILES string of the molecule is Cc1cc(OCC(=O)NC(C)c2ccc(S(C)(=O)=O)cc2)ccc1C(C)C. The minimum absolute atomic E-state index is 0.0772. The van der Waals surface area contributed by atoms with Crippen molar-refractivity contribution in [2.45, 2.75) is 44.6 Å². The molecule has 0 saturated heterocycles. The van der Waals surface area contributed by atoms with Gasteiger partial charge in [0.2, 0.25) is 0 Å². The van der Waals surface area contributed by atoms with E-state index in [1.165, 1.54) is 11.8 Å². The number of hydrogen-bond donors (Lipinski definition) is 1. The number of carbonyl (C=O) groups is 1. The molecule has 0 bridgehead atoms. The van der Waals surface area contributed by atoms with Crippen LogP contribution in [0, 0.1) is 6.92 Å². The lowest BCUT2D eigenvalue weighted by Crippen LogP contribution is -2.31. The van der Waals surface area contributed by atoms with Crippen molar-refractivity contribution in [2.24, 2.45) is 0 Å².